The second kappa shape index (κ2) is 8.68. The van der Waals surface area contributed by atoms with E-state index >= 15 is 0 Å². The summed E-state index contributed by atoms with van der Waals surface area (Å²) in [7, 11) is 0. The van der Waals surface area contributed by atoms with Gasteiger partial charge in [0.05, 0.1) is 11.8 Å². The Labute approximate surface area is 118 Å². The fourth-order valence-electron chi connectivity index (χ4n) is 2.14. The van der Waals surface area contributed by atoms with E-state index in [1.54, 1.807) is 0 Å². The van der Waals surface area contributed by atoms with Crippen molar-refractivity contribution in [3.05, 3.63) is 14.9 Å². The predicted molar refractivity (Wildman–Crippen MR) is 62.6 cm³/mol. The van der Waals surface area contributed by atoms with Crippen LogP contribution in [0.5, 0.6) is 0 Å². The summed E-state index contributed by atoms with van der Waals surface area (Å²) >= 11 is 0. The van der Waals surface area contributed by atoms with Crippen LogP contribution in [-0.2, 0) is 30.7 Å². The Kier molecular flexibility index (Phi) is 11.2. The van der Waals surface area contributed by atoms with Gasteiger partial charge in [0.25, 0.3) is 0 Å². The molecule has 5 heteroatoms. The van der Waals surface area contributed by atoms with E-state index in [2.05, 4.69) is 0 Å². The van der Waals surface area contributed by atoms with Crippen molar-refractivity contribution in [2.75, 3.05) is 0 Å². The third-order valence-electron chi connectivity index (χ3n) is 3.34. The first kappa shape index (κ1) is 21.9. The van der Waals surface area contributed by atoms with E-state index in [0.717, 1.165) is 0 Å². The first-order valence-electron chi connectivity index (χ1n) is 4.89. The van der Waals surface area contributed by atoms with Gasteiger partial charge in [0, 0.05) is 0 Å². The smallest absolute Gasteiger partial charge is 0.481 e. The standard InChI is InChI=1S/C10H16O4.2CH3.Pt/c1-5-3-7(9(11)12)8(10(13)14)4-6(5)2;;;/h5-8H,3-4H2,1-2H3,(H,11,12)(H,13,14);2*1H3;/q;2*-1;+2. The second-order valence-corrected chi connectivity index (χ2v) is 4.32. The van der Waals surface area contributed by atoms with Gasteiger partial charge >= 0.3 is 33.0 Å². The van der Waals surface area contributed by atoms with Crippen molar-refractivity contribution in [1.82, 2.24) is 0 Å². The zero-order valence-corrected chi connectivity index (χ0v) is 13.0. The zero-order chi connectivity index (χ0) is 10.9. The molecule has 1 fully saturated rings. The van der Waals surface area contributed by atoms with Gasteiger partial charge in [0.1, 0.15) is 0 Å². The Hall–Kier alpha value is -0.372. The molecule has 2 N–H and O–H groups in total. The van der Waals surface area contributed by atoms with E-state index in [0.29, 0.717) is 24.7 Å². The molecule has 0 heterocycles. The van der Waals surface area contributed by atoms with Crippen LogP contribution >= 0.6 is 0 Å². The third-order valence-corrected chi connectivity index (χ3v) is 3.34. The van der Waals surface area contributed by atoms with Crippen molar-refractivity contribution in [2.45, 2.75) is 26.7 Å². The van der Waals surface area contributed by atoms with Crippen LogP contribution in [0.2, 0.25) is 0 Å². The number of hydrogen-bond donors (Lipinski definition) is 2. The molecule has 0 saturated heterocycles. The average molecular weight is 425 g/mol. The fraction of sp³-hybridized carbons (Fsp3) is 0.667. The van der Waals surface area contributed by atoms with Crippen LogP contribution in [0.4, 0.5) is 0 Å². The van der Waals surface area contributed by atoms with Crippen LogP contribution in [0, 0.1) is 38.5 Å². The van der Waals surface area contributed by atoms with E-state index in [9.17, 15) is 9.59 Å². The monoisotopic (exact) mass is 425 g/mol. The van der Waals surface area contributed by atoms with Crippen LogP contribution in [0.1, 0.15) is 26.7 Å². The van der Waals surface area contributed by atoms with Crippen LogP contribution in [-0.4, -0.2) is 22.2 Å². The minimum Gasteiger partial charge on any atom is -0.481 e. The summed E-state index contributed by atoms with van der Waals surface area (Å²) in [6, 6.07) is 0. The molecule has 17 heavy (non-hydrogen) atoms. The van der Waals surface area contributed by atoms with Crippen molar-refractivity contribution in [3.8, 4) is 0 Å². The summed E-state index contributed by atoms with van der Waals surface area (Å²) in [4.78, 5) is 21.7. The maximum atomic E-state index is 10.9. The number of carboxylic acid groups (broad SMARTS) is 2. The molecular weight excluding hydrogens is 403 g/mol. The summed E-state index contributed by atoms with van der Waals surface area (Å²) < 4.78 is 0. The molecule has 0 radical (unpaired) electrons. The molecule has 0 aromatic rings. The first-order chi connectivity index (χ1) is 6.43. The van der Waals surface area contributed by atoms with Crippen LogP contribution in [0.15, 0.2) is 0 Å². The average Bonchev–Trinajstić information content (AvgIpc) is 2.08. The first-order valence-corrected chi connectivity index (χ1v) is 4.89. The van der Waals surface area contributed by atoms with Gasteiger partial charge in [-0.15, -0.1) is 0 Å². The van der Waals surface area contributed by atoms with E-state index in [-0.39, 0.29) is 35.9 Å². The Balaban J connectivity index is -0.000000653. The molecule has 0 aromatic carbocycles. The molecule has 4 unspecified atom stereocenters. The van der Waals surface area contributed by atoms with E-state index < -0.39 is 23.8 Å². The molecular formula is C12H22O4Pt. The molecule has 1 aliphatic carbocycles. The molecule has 0 spiro atoms. The summed E-state index contributed by atoms with van der Waals surface area (Å²) in [5.74, 6) is -2.77. The molecule has 4 nitrogen and oxygen atoms in total. The van der Waals surface area contributed by atoms with Gasteiger partial charge in [0.15, 0.2) is 0 Å². The van der Waals surface area contributed by atoms with Crippen LogP contribution in [0.25, 0.3) is 0 Å². The maximum Gasteiger partial charge on any atom is 2.00 e. The Morgan fingerprint density at radius 2 is 1.12 bits per heavy atom. The van der Waals surface area contributed by atoms with E-state index in [4.69, 9.17) is 10.2 Å². The van der Waals surface area contributed by atoms with E-state index in [1.807, 2.05) is 13.8 Å². The van der Waals surface area contributed by atoms with Crippen molar-refractivity contribution in [2.24, 2.45) is 23.7 Å². The second-order valence-electron chi connectivity index (χ2n) is 4.32. The van der Waals surface area contributed by atoms with Crippen molar-refractivity contribution in [1.29, 1.82) is 0 Å². The van der Waals surface area contributed by atoms with Gasteiger partial charge in [-0.1, -0.05) is 13.8 Å². The van der Waals surface area contributed by atoms with Crippen molar-refractivity contribution >= 4 is 11.9 Å². The molecule has 0 amide bonds. The minimum atomic E-state index is -0.976. The third kappa shape index (κ3) is 5.20. The predicted octanol–water partition coefficient (Wildman–Crippen LogP) is 2.35. The molecule has 4 atom stereocenters. The molecule has 1 rings (SSSR count). The van der Waals surface area contributed by atoms with Crippen molar-refractivity contribution < 1.29 is 40.9 Å². The summed E-state index contributed by atoms with van der Waals surface area (Å²) in [5.41, 5.74) is 0. The number of hydrogen-bond acceptors (Lipinski definition) is 2. The Morgan fingerprint density at radius 1 is 0.882 bits per heavy atom. The summed E-state index contributed by atoms with van der Waals surface area (Å²) in [5, 5.41) is 17.8. The van der Waals surface area contributed by atoms with Gasteiger partial charge in [-0.05, 0) is 24.7 Å². The SMILES string of the molecule is CC1CC(C(=O)O)C(C(=O)O)CC1C.[CH3-].[CH3-].[Pt+2]. The zero-order valence-electron chi connectivity index (χ0n) is 10.8. The quantitative estimate of drug-likeness (QED) is 0.667. The number of carbonyl (C=O) groups is 2. The largest absolute Gasteiger partial charge is 2.00 e. The molecule has 104 valence electrons. The Morgan fingerprint density at radius 3 is 1.29 bits per heavy atom. The molecule has 1 saturated carbocycles. The molecule has 1 aliphatic rings. The fourth-order valence-corrected chi connectivity index (χ4v) is 2.14. The van der Waals surface area contributed by atoms with Crippen molar-refractivity contribution in [3.63, 3.8) is 0 Å². The number of rotatable bonds is 2. The van der Waals surface area contributed by atoms with E-state index in [1.165, 1.54) is 0 Å². The van der Waals surface area contributed by atoms with Gasteiger partial charge in [-0.2, -0.15) is 0 Å². The topological polar surface area (TPSA) is 74.6 Å². The Bertz CT molecular complexity index is 229. The number of carboxylic acids is 2. The summed E-state index contributed by atoms with van der Waals surface area (Å²) in [6.45, 7) is 3.97. The van der Waals surface area contributed by atoms with Gasteiger partial charge < -0.3 is 25.1 Å². The minimum absolute atomic E-state index is 0. The molecule has 0 bridgehead atoms. The normalized spacial score (nSPS) is 31.2. The van der Waals surface area contributed by atoms with Crippen LogP contribution < -0.4 is 0 Å². The molecule has 0 aliphatic heterocycles. The van der Waals surface area contributed by atoms with Gasteiger partial charge in [0.2, 0.25) is 0 Å². The molecule has 0 aromatic heterocycles. The van der Waals surface area contributed by atoms with Crippen LogP contribution in [0.3, 0.4) is 0 Å². The van der Waals surface area contributed by atoms with Gasteiger partial charge in [-0.25, -0.2) is 0 Å². The maximum absolute atomic E-state index is 10.9. The summed E-state index contributed by atoms with van der Waals surface area (Å²) in [6.07, 6.45) is 0.959. The number of aliphatic carboxylic acids is 2. The van der Waals surface area contributed by atoms with Gasteiger partial charge in [-0.3, -0.25) is 9.59 Å².